The number of benzene rings is 1. The first-order chi connectivity index (χ1) is 13.0. The average Bonchev–Trinajstić information content (AvgIpc) is 3.18. The van der Waals surface area contributed by atoms with E-state index in [-0.39, 0.29) is 24.1 Å². The Balaban J connectivity index is 1.66. The number of hydrogen-bond acceptors (Lipinski definition) is 5. The second-order valence-corrected chi connectivity index (χ2v) is 6.98. The quantitative estimate of drug-likeness (QED) is 0.801. The van der Waals surface area contributed by atoms with Crippen LogP contribution in [0.4, 0.5) is 10.1 Å². The van der Waals surface area contributed by atoms with Crippen LogP contribution in [-0.4, -0.2) is 45.1 Å². The van der Waals surface area contributed by atoms with Crippen molar-refractivity contribution in [2.75, 3.05) is 12.4 Å². The first kappa shape index (κ1) is 18.8. The predicted octanol–water partition coefficient (Wildman–Crippen LogP) is 2.46. The van der Waals surface area contributed by atoms with Gasteiger partial charge in [-0.3, -0.25) is 14.6 Å². The largest absolute Gasteiger partial charge is 0.350 e. The molecule has 1 N–H and O–H groups in total. The van der Waals surface area contributed by atoms with Crippen molar-refractivity contribution in [1.29, 1.82) is 0 Å². The van der Waals surface area contributed by atoms with Crippen LogP contribution in [0.2, 0.25) is 0 Å². The monoisotopic (exact) mass is 387 g/mol. The topological polar surface area (TPSA) is 79.1 Å². The molecule has 1 fully saturated rings. The predicted molar refractivity (Wildman–Crippen MR) is 104 cm³/mol. The van der Waals surface area contributed by atoms with Crippen molar-refractivity contribution in [3.05, 3.63) is 54.1 Å². The van der Waals surface area contributed by atoms with Crippen LogP contribution in [0.15, 0.2) is 52.7 Å². The SMILES string of the molecule is CN=C1SC(CC(=O)Nc2ccc(F)cc2)C(=O)N1/N=C/c1cccn1C. The molecule has 2 aromatic rings. The number of carbonyl (C=O) groups is 2. The number of anilines is 1. The molecule has 7 nitrogen and oxygen atoms in total. The summed E-state index contributed by atoms with van der Waals surface area (Å²) in [6.07, 6.45) is 3.42. The van der Waals surface area contributed by atoms with Crippen LogP contribution < -0.4 is 5.32 Å². The molecule has 0 radical (unpaired) electrons. The van der Waals surface area contributed by atoms with E-state index in [4.69, 9.17) is 0 Å². The molecule has 0 spiro atoms. The Labute approximate surface area is 160 Å². The molecule has 27 heavy (non-hydrogen) atoms. The minimum atomic E-state index is -0.616. The summed E-state index contributed by atoms with van der Waals surface area (Å²) < 4.78 is 14.8. The number of aromatic nitrogens is 1. The molecule has 3 rings (SSSR count). The molecule has 0 bridgehead atoms. The second-order valence-electron chi connectivity index (χ2n) is 5.81. The Bertz CT molecular complexity index is 907. The van der Waals surface area contributed by atoms with Crippen molar-refractivity contribution >= 4 is 40.6 Å². The molecule has 1 saturated heterocycles. The number of hydrogen-bond donors (Lipinski definition) is 1. The van der Waals surface area contributed by atoms with E-state index in [2.05, 4.69) is 15.4 Å². The summed E-state index contributed by atoms with van der Waals surface area (Å²) in [6, 6.07) is 9.19. The maximum absolute atomic E-state index is 12.9. The van der Waals surface area contributed by atoms with E-state index in [1.165, 1.54) is 41.0 Å². The van der Waals surface area contributed by atoms with Gasteiger partial charge in [0.1, 0.15) is 11.1 Å². The Morgan fingerprint density at radius 1 is 1.33 bits per heavy atom. The molecule has 1 aromatic heterocycles. The third-order valence-electron chi connectivity index (χ3n) is 3.89. The summed E-state index contributed by atoms with van der Waals surface area (Å²) in [6.45, 7) is 0. The number of thioether (sulfide) groups is 1. The van der Waals surface area contributed by atoms with Crippen molar-refractivity contribution in [2.45, 2.75) is 11.7 Å². The number of halogens is 1. The fourth-order valence-corrected chi connectivity index (χ4v) is 3.51. The fraction of sp³-hybridized carbons (Fsp3) is 0.222. The van der Waals surface area contributed by atoms with Crippen molar-refractivity contribution < 1.29 is 14.0 Å². The van der Waals surface area contributed by atoms with Crippen LogP contribution >= 0.6 is 11.8 Å². The highest BCUT2D eigenvalue weighted by molar-refractivity contribution is 8.15. The Morgan fingerprint density at radius 3 is 2.70 bits per heavy atom. The van der Waals surface area contributed by atoms with Crippen molar-refractivity contribution in [3.8, 4) is 0 Å². The zero-order chi connectivity index (χ0) is 19.4. The van der Waals surface area contributed by atoms with Crippen LogP contribution in [0.1, 0.15) is 12.1 Å². The molecular weight excluding hydrogens is 369 g/mol. The van der Waals surface area contributed by atoms with Gasteiger partial charge in [0.05, 0.1) is 11.9 Å². The first-order valence-electron chi connectivity index (χ1n) is 8.16. The molecule has 1 aliphatic rings. The Hall–Kier alpha value is -2.94. The van der Waals surface area contributed by atoms with Crippen LogP contribution in [0.25, 0.3) is 0 Å². The van der Waals surface area contributed by atoms with Gasteiger partial charge in [0.25, 0.3) is 5.91 Å². The third kappa shape index (κ3) is 4.43. The van der Waals surface area contributed by atoms with Gasteiger partial charge in [0.2, 0.25) is 5.91 Å². The molecule has 140 valence electrons. The van der Waals surface area contributed by atoms with Gasteiger partial charge in [0, 0.05) is 32.4 Å². The zero-order valence-corrected chi connectivity index (χ0v) is 15.6. The minimum absolute atomic E-state index is 0.0317. The number of rotatable bonds is 5. The lowest BCUT2D eigenvalue weighted by molar-refractivity contribution is -0.128. The number of carbonyl (C=O) groups excluding carboxylic acids is 2. The highest BCUT2D eigenvalue weighted by Gasteiger charge is 2.39. The van der Waals surface area contributed by atoms with Crippen LogP contribution in [-0.2, 0) is 16.6 Å². The minimum Gasteiger partial charge on any atom is -0.350 e. The highest BCUT2D eigenvalue weighted by atomic mass is 32.2. The molecule has 9 heteroatoms. The lowest BCUT2D eigenvalue weighted by atomic mass is 10.2. The van der Waals surface area contributed by atoms with Gasteiger partial charge in [0.15, 0.2) is 5.17 Å². The highest BCUT2D eigenvalue weighted by Crippen LogP contribution is 2.30. The van der Waals surface area contributed by atoms with E-state index < -0.39 is 5.25 Å². The van der Waals surface area contributed by atoms with Gasteiger partial charge in [-0.1, -0.05) is 11.8 Å². The third-order valence-corrected chi connectivity index (χ3v) is 5.11. The van der Waals surface area contributed by atoms with E-state index >= 15 is 0 Å². The van der Waals surface area contributed by atoms with Crippen molar-refractivity contribution in [3.63, 3.8) is 0 Å². The number of amidine groups is 1. The molecule has 1 atom stereocenters. The number of nitrogens with zero attached hydrogens (tertiary/aromatic N) is 4. The van der Waals surface area contributed by atoms with Gasteiger partial charge < -0.3 is 9.88 Å². The molecule has 1 unspecified atom stereocenters. The number of aryl methyl sites for hydroxylation is 1. The summed E-state index contributed by atoms with van der Waals surface area (Å²) in [4.78, 5) is 28.9. The lowest BCUT2D eigenvalue weighted by Crippen LogP contribution is -2.29. The van der Waals surface area contributed by atoms with Gasteiger partial charge >= 0.3 is 0 Å². The smallest absolute Gasteiger partial charge is 0.263 e. The summed E-state index contributed by atoms with van der Waals surface area (Å²) in [5, 5.41) is 7.91. The molecule has 1 aliphatic heterocycles. The molecule has 1 aromatic carbocycles. The maximum Gasteiger partial charge on any atom is 0.263 e. The molecule has 2 heterocycles. The average molecular weight is 387 g/mol. The van der Waals surface area contributed by atoms with E-state index in [0.29, 0.717) is 10.9 Å². The zero-order valence-electron chi connectivity index (χ0n) is 14.8. The standard InChI is InChI=1S/C18H18FN5O2S/c1-20-18-24(21-11-14-4-3-9-23(14)2)17(26)15(27-18)10-16(25)22-13-7-5-12(19)6-8-13/h3-9,11,15H,10H2,1-2H3,(H,22,25)/b20-18?,21-11+. The van der Waals surface area contributed by atoms with Gasteiger partial charge in [-0.05, 0) is 36.4 Å². The number of aliphatic imine (C=N–C) groups is 1. The van der Waals surface area contributed by atoms with E-state index in [1.807, 2.05) is 29.9 Å². The summed E-state index contributed by atoms with van der Waals surface area (Å²) in [5.41, 5.74) is 1.31. The molecular formula is C18H18FN5O2S. The molecule has 0 saturated carbocycles. The lowest BCUT2D eigenvalue weighted by Gasteiger charge is -2.09. The maximum atomic E-state index is 12.9. The van der Waals surface area contributed by atoms with Crippen LogP contribution in [0.3, 0.4) is 0 Å². The normalized spacial score (nSPS) is 18.6. The Kier molecular flexibility index (Phi) is 5.70. The van der Waals surface area contributed by atoms with E-state index in [9.17, 15) is 14.0 Å². The second kappa shape index (κ2) is 8.17. The molecule has 0 aliphatic carbocycles. The van der Waals surface area contributed by atoms with Gasteiger partial charge in [-0.2, -0.15) is 10.1 Å². The Morgan fingerprint density at radius 2 is 2.07 bits per heavy atom. The van der Waals surface area contributed by atoms with Crippen molar-refractivity contribution in [1.82, 2.24) is 9.58 Å². The van der Waals surface area contributed by atoms with Crippen LogP contribution in [0.5, 0.6) is 0 Å². The molecule has 2 amide bonds. The summed E-state index contributed by atoms with van der Waals surface area (Å²) in [7, 11) is 3.45. The number of amides is 2. The van der Waals surface area contributed by atoms with Crippen molar-refractivity contribution in [2.24, 2.45) is 17.1 Å². The van der Waals surface area contributed by atoms with Gasteiger partial charge in [-0.25, -0.2) is 4.39 Å². The first-order valence-corrected chi connectivity index (χ1v) is 9.04. The summed E-state index contributed by atoms with van der Waals surface area (Å²) in [5.74, 6) is -1.03. The van der Waals surface area contributed by atoms with Crippen LogP contribution in [0, 0.1) is 5.82 Å². The number of hydrazone groups is 1. The summed E-state index contributed by atoms with van der Waals surface area (Å²) >= 11 is 1.19. The van der Waals surface area contributed by atoms with Gasteiger partial charge in [-0.15, -0.1) is 0 Å². The van der Waals surface area contributed by atoms with E-state index in [0.717, 1.165) is 5.69 Å². The van der Waals surface area contributed by atoms with E-state index in [1.54, 1.807) is 13.3 Å². The number of nitrogens with one attached hydrogen (secondary N) is 1. The fourth-order valence-electron chi connectivity index (χ4n) is 2.48.